The molecule has 0 aromatic rings. The predicted molar refractivity (Wildman–Crippen MR) is 53.9 cm³/mol. The summed E-state index contributed by atoms with van der Waals surface area (Å²) in [4.78, 5) is 0. The van der Waals surface area contributed by atoms with Crippen LogP contribution < -0.4 is 0 Å². The highest BCUT2D eigenvalue weighted by atomic mass is 33.1. The third-order valence-electron chi connectivity index (χ3n) is 1.74. The van der Waals surface area contributed by atoms with Gasteiger partial charge in [0.15, 0.2) is 0 Å². The fraction of sp³-hybridized carbons (Fsp3) is 0.286. The van der Waals surface area contributed by atoms with Crippen molar-refractivity contribution in [1.29, 1.82) is 0 Å². The zero-order chi connectivity index (χ0) is 7.84. The van der Waals surface area contributed by atoms with Gasteiger partial charge in [-0.1, -0.05) is 36.5 Å². The average Bonchev–Trinajstić information content (AvgIpc) is 2.30. The number of rotatable bonds is 0. The minimum absolute atomic E-state index is 0.137. The van der Waals surface area contributed by atoms with Crippen molar-refractivity contribution in [2.75, 3.05) is 0 Å². The van der Waals surface area contributed by atoms with Gasteiger partial charge in [0.25, 0.3) is 0 Å². The number of fused-ring (bicyclic) bond motifs is 1. The Kier molecular flexibility index (Phi) is 1.99. The van der Waals surface area contributed by atoms with Gasteiger partial charge in [-0.15, -0.1) is 0 Å². The molecular weight excluding hydrogens is 196 g/mol. The first-order chi connectivity index (χ1) is 5.29. The Balaban J connectivity index is 2.37. The second kappa shape index (κ2) is 2.84. The van der Waals surface area contributed by atoms with Crippen molar-refractivity contribution in [3.8, 4) is 0 Å². The Labute approximate surface area is 76.8 Å². The van der Waals surface area contributed by atoms with E-state index in [1.165, 1.54) is 10.8 Å². The molecule has 1 aliphatic heterocycles. The fourth-order valence-electron chi connectivity index (χ4n) is 1.18. The molecule has 58 valence electrons. The lowest BCUT2D eigenvalue weighted by Crippen LogP contribution is -2.17. The summed E-state index contributed by atoms with van der Waals surface area (Å²) in [7, 11) is 0.495. The van der Waals surface area contributed by atoms with Gasteiger partial charge in [0.2, 0.25) is 0 Å². The minimum atomic E-state index is -0.832. The van der Waals surface area contributed by atoms with Crippen LogP contribution in [0.15, 0.2) is 24.3 Å². The van der Waals surface area contributed by atoms with E-state index < -0.39 is 9.83 Å². The molecule has 1 heterocycles. The van der Waals surface area contributed by atoms with E-state index in [0.717, 1.165) is 4.20 Å². The van der Waals surface area contributed by atoms with Crippen LogP contribution in [-0.2, 0) is 9.83 Å². The Hall–Kier alpha value is 0.0700. The van der Waals surface area contributed by atoms with Gasteiger partial charge in [0, 0.05) is 5.92 Å². The standard InChI is InChI=1S/C7H6OS3/c8-11-6-4-2-1-3-5(6)7(9)10-11/h1-6H. The van der Waals surface area contributed by atoms with Crippen molar-refractivity contribution >= 4 is 37.0 Å². The Morgan fingerprint density at radius 3 is 2.91 bits per heavy atom. The highest BCUT2D eigenvalue weighted by Crippen LogP contribution is 2.37. The maximum Gasteiger partial charge on any atom is 0.0937 e. The molecule has 0 saturated carbocycles. The van der Waals surface area contributed by atoms with Crippen LogP contribution in [0.5, 0.6) is 0 Å². The molecule has 0 radical (unpaired) electrons. The summed E-state index contributed by atoms with van der Waals surface area (Å²) in [6, 6.07) is 0. The molecular formula is C7H6OS3. The normalized spacial score (nSPS) is 41.1. The molecule has 1 fully saturated rings. The van der Waals surface area contributed by atoms with Crippen LogP contribution in [0.2, 0.25) is 0 Å². The molecule has 0 amide bonds. The van der Waals surface area contributed by atoms with Crippen molar-refractivity contribution in [1.82, 2.24) is 0 Å². The zero-order valence-corrected chi connectivity index (χ0v) is 8.05. The zero-order valence-electron chi connectivity index (χ0n) is 5.60. The Bertz CT molecular complexity index is 251. The topological polar surface area (TPSA) is 17.1 Å². The second-order valence-electron chi connectivity index (χ2n) is 2.42. The Morgan fingerprint density at radius 1 is 1.45 bits per heavy atom. The van der Waals surface area contributed by atoms with Crippen molar-refractivity contribution in [3.63, 3.8) is 0 Å². The van der Waals surface area contributed by atoms with Gasteiger partial charge in [0.05, 0.1) is 19.3 Å². The van der Waals surface area contributed by atoms with E-state index >= 15 is 0 Å². The average molecular weight is 202 g/mol. The molecule has 0 N–H and O–H groups in total. The second-order valence-corrected chi connectivity index (χ2v) is 6.28. The van der Waals surface area contributed by atoms with Crippen LogP contribution >= 0.6 is 23.0 Å². The monoisotopic (exact) mass is 202 g/mol. The molecule has 0 aromatic carbocycles. The van der Waals surface area contributed by atoms with E-state index in [2.05, 4.69) is 0 Å². The van der Waals surface area contributed by atoms with Crippen molar-refractivity contribution in [2.24, 2.45) is 5.92 Å². The molecule has 1 aliphatic carbocycles. The molecule has 3 atom stereocenters. The first-order valence-electron chi connectivity index (χ1n) is 3.27. The van der Waals surface area contributed by atoms with E-state index in [-0.39, 0.29) is 11.2 Å². The van der Waals surface area contributed by atoms with Crippen LogP contribution in [0, 0.1) is 5.92 Å². The predicted octanol–water partition coefficient (Wildman–Crippen LogP) is 1.84. The van der Waals surface area contributed by atoms with Crippen LogP contribution in [0.25, 0.3) is 0 Å². The maximum atomic E-state index is 11.3. The third kappa shape index (κ3) is 1.23. The molecule has 11 heavy (non-hydrogen) atoms. The highest BCUT2D eigenvalue weighted by Gasteiger charge is 2.36. The van der Waals surface area contributed by atoms with E-state index in [1.807, 2.05) is 24.3 Å². The summed E-state index contributed by atoms with van der Waals surface area (Å²) in [6.45, 7) is 0. The quantitative estimate of drug-likeness (QED) is 0.441. The maximum absolute atomic E-state index is 11.3. The van der Waals surface area contributed by atoms with Crippen molar-refractivity contribution in [2.45, 2.75) is 5.25 Å². The summed E-state index contributed by atoms with van der Waals surface area (Å²) in [5, 5.41) is 0.137. The van der Waals surface area contributed by atoms with Crippen molar-refractivity contribution < 1.29 is 4.21 Å². The van der Waals surface area contributed by atoms with Gasteiger partial charge in [-0.2, -0.15) is 0 Å². The molecule has 4 heteroatoms. The van der Waals surface area contributed by atoms with Gasteiger partial charge in [-0.3, -0.25) is 0 Å². The summed E-state index contributed by atoms with van der Waals surface area (Å²) in [5.41, 5.74) is 0. The van der Waals surface area contributed by atoms with Gasteiger partial charge in [0.1, 0.15) is 0 Å². The van der Waals surface area contributed by atoms with Crippen LogP contribution in [0.4, 0.5) is 0 Å². The highest BCUT2D eigenvalue weighted by molar-refractivity contribution is 8.78. The summed E-state index contributed by atoms with van der Waals surface area (Å²) >= 11 is 5.08. The number of hydrogen-bond donors (Lipinski definition) is 0. The van der Waals surface area contributed by atoms with Crippen molar-refractivity contribution in [3.05, 3.63) is 24.3 Å². The van der Waals surface area contributed by atoms with Gasteiger partial charge < -0.3 is 0 Å². The van der Waals surface area contributed by atoms with Gasteiger partial charge in [-0.25, -0.2) is 4.21 Å². The van der Waals surface area contributed by atoms with E-state index in [0.29, 0.717) is 0 Å². The Morgan fingerprint density at radius 2 is 2.18 bits per heavy atom. The van der Waals surface area contributed by atoms with E-state index in [9.17, 15) is 4.21 Å². The van der Waals surface area contributed by atoms with Gasteiger partial charge >= 0.3 is 0 Å². The molecule has 0 aromatic heterocycles. The first kappa shape index (κ1) is 7.71. The number of allylic oxidation sites excluding steroid dienone is 3. The molecule has 1 nitrogen and oxygen atoms in total. The van der Waals surface area contributed by atoms with Crippen LogP contribution in [0.3, 0.4) is 0 Å². The lowest BCUT2D eigenvalue weighted by Gasteiger charge is -2.10. The molecule has 0 bridgehead atoms. The molecule has 2 aliphatic rings. The third-order valence-corrected chi connectivity index (χ3v) is 5.78. The summed E-state index contributed by atoms with van der Waals surface area (Å²) in [6.07, 6.45) is 7.92. The van der Waals surface area contributed by atoms with Gasteiger partial charge in [-0.05, 0) is 10.8 Å². The van der Waals surface area contributed by atoms with E-state index in [4.69, 9.17) is 12.2 Å². The number of hydrogen-bond acceptors (Lipinski definition) is 3. The lowest BCUT2D eigenvalue weighted by molar-refractivity contribution is 0.683. The van der Waals surface area contributed by atoms with Crippen LogP contribution in [-0.4, -0.2) is 13.7 Å². The fourth-order valence-corrected chi connectivity index (χ4v) is 5.17. The molecule has 3 unspecified atom stereocenters. The largest absolute Gasteiger partial charge is 0.247 e. The smallest absolute Gasteiger partial charge is 0.0937 e. The van der Waals surface area contributed by atoms with Crippen LogP contribution in [0.1, 0.15) is 0 Å². The molecule has 2 rings (SSSR count). The summed E-state index contributed by atoms with van der Waals surface area (Å²) in [5.74, 6) is 0.237. The molecule has 0 spiro atoms. The SMILES string of the molecule is O=S1SC(=S)C2C=CC=CC21. The molecule has 1 saturated heterocycles. The number of thiocarbonyl (C=S) groups is 1. The summed E-state index contributed by atoms with van der Waals surface area (Å²) < 4.78 is 12.2. The first-order valence-corrected chi connectivity index (χ1v) is 6.22. The minimum Gasteiger partial charge on any atom is -0.247 e. The lowest BCUT2D eigenvalue weighted by atomic mass is 10.0. The van der Waals surface area contributed by atoms with E-state index in [1.54, 1.807) is 0 Å².